The Morgan fingerprint density at radius 3 is 2.92 bits per heavy atom. The fourth-order valence-corrected chi connectivity index (χ4v) is 1.68. The number of nitrogens with one attached hydrogen (secondary N) is 3. The van der Waals surface area contributed by atoms with Crippen molar-refractivity contribution in [3.05, 3.63) is 22.1 Å². The molecule has 0 aliphatic carbocycles. The molecule has 4 heteroatoms. The first-order valence-corrected chi connectivity index (χ1v) is 4.34. The van der Waals surface area contributed by atoms with Crippen LogP contribution in [0.1, 0.15) is 24.5 Å². The van der Waals surface area contributed by atoms with Gasteiger partial charge in [-0.25, -0.2) is 0 Å². The zero-order chi connectivity index (χ0) is 8.39. The third-order valence-electron chi connectivity index (χ3n) is 2.35. The van der Waals surface area contributed by atoms with Gasteiger partial charge in [-0.1, -0.05) is 0 Å². The average Bonchev–Trinajstić information content (AvgIpc) is 2.54. The van der Waals surface area contributed by atoms with Gasteiger partial charge in [0.2, 0.25) is 0 Å². The molecule has 1 aromatic heterocycles. The molecular formula is C8H13N3O. The van der Waals surface area contributed by atoms with E-state index in [0.717, 1.165) is 18.8 Å². The molecule has 1 aromatic rings. The summed E-state index contributed by atoms with van der Waals surface area (Å²) in [4.78, 5) is 10.8. The lowest BCUT2D eigenvalue weighted by Crippen LogP contribution is -2.28. The van der Waals surface area contributed by atoms with Crippen molar-refractivity contribution < 1.29 is 0 Å². The molecule has 0 spiro atoms. The van der Waals surface area contributed by atoms with Gasteiger partial charge >= 0.3 is 0 Å². The van der Waals surface area contributed by atoms with E-state index in [-0.39, 0.29) is 5.56 Å². The Balaban J connectivity index is 2.13. The normalized spacial score (nSPS) is 24.2. The van der Waals surface area contributed by atoms with Gasteiger partial charge in [0.05, 0.1) is 0 Å². The molecule has 4 nitrogen and oxygen atoms in total. The molecule has 12 heavy (non-hydrogen) atoms. The van der Waals surface area contributed by atoms with E-state index in [1.54, 1.807) is 6.07 Å². The van der Waals surface area contributed by atoms with Gasteiger partial charge in [0.1, 0.15) is 0 Å². The third kappa shape index (κ3) is 1.43. The van der Waals surface area contributed by atoms with Crippen LogP contribution in [-0.2, 0) is 0 Å². The molecule has 1 saturated heterocycles. The number of H-pyrrole nitrogens is 2. The maximum Gasteiger partial charge on any atom is 0.264 e. The van der Waals surface area contributed by atoms with Crippen LogP contribution < -0.4 is 10.9 Å². The van der Waals surface area contributed by atoms with Crippen LogP contribution >= 0.6 is 0 Å². The van der Waals surface area contributed by atoms with E-state index in [4.69, 9.17) is 0 Å². The first-order valence-electron chi connectivity index (χ1n) is 4.34. The van der Waals surface area contributed by atoms with Crippen LogP contribution in [0.25, 0.3) is 0 Å². The van der Waals surface area contributed by atoms with E-state index in [1.807, 2.05) is 0 Å². The van der Waals surface area contributed by atoms with Gasteiger partial charge in [-0.3, -0.25) is 9.89 Å². The standard InChI is InChI=1S/C8H13N3O/c12-8-4-7(10-11-8)6-2-1-3-9-5-6/h4,6,9H,1-3,5H2,(H2,10,11,12)/t6-/m1/s1. The van der Waals surface area contributed by atoms with Gasteiger partial charge in [0, 0.05) is 24.2 Å². The fraction of sp³-hybridized carbons (Fsp3) is 0.625. The number of hydrogen-bond acceptors (Lipinski definition) is 2. The van der Waals surface area contributed by atoms with E-state index in [2.05, 4.69) is 15.5 Å². The van der Waals surface area contributed by atoms with Crippen LogP contribution in [0, 0.1) is 0 Å². The summed E-state index contributed by atoms with van der Waals surface area (Å²) in [6, 6.07) is 1.65. The van der Waals surface area contributed by atoms with Crippen LogP contribution in [0.15, 0.2) is 10.9 Å². The smallest absolute Gasteiger partial charge is 0.264 e. The summed E-state index contributed by atoms with van der Waals surface area (Å²) < 4.78 is 0. The summed E-state index contributed by atoms with van der Waals surface area (Å²) in [6.45, 7) is 2.08. The van der Waals surface area contributed by atoms with Crippen LogP contribution in [0.5, 0.6) is 0 Å². The SMILES string of the molecule is O=c1cc([C@@H]2CCCNC2)[nH][nH]1. The third-order valence-corrected chi connectivity index (χ3v) is 2.35. The maximum absolute atomic E-state index is 10.8. The Bertz CT molecular complexity index is 295. The molecule has 2 heterocycles. The monoisotopic (exact) mass is 167 g/mol. The van der Waals surface area contributed by atoms with E-state index in [1.165, 1.54) is 12.8 Å². The Morgan fingerprint density at radius 1 is 1.42 bits per heavy atom. The molecule has 0 saturated carbocycles. The van der Waals surface area contributed by atoms with E-state index in [9.17, 15) is 4.79 Å². The molecular weight excluding hydrogens is 154 g/mol. The minimum absolute atomic E-state index is 0.0319. The molecule has 1 aliphatic rings. The molecule has 0 unspecified atom stereocenters. The lowest BCUT2D eigenvalue weighted by molar-refractivity contribution is 0.454. The largest absolute Gasteiger partial charge is 0.316 e. The number of aromatic nitrogens is 2. The minimum Gasteiger partial charge on any atom is -0.316 e. The van der Waals surface area contributed by atoms with Gasteiger partial charge in [0.15, 0.2) is 0 Å². The highest BCUT2D eigenvalue weighted by Gasteiger charge is 2.16. The van der Waals surface area contributed by atoms with Crippen LogP contribution in [0.3, 0.4) is 0 Å². The zero-order valence-electron chi connectivity index (χ0n) is 6.89. The molecule has 1 fully saturated rings. The van der Waals surface area contributed by atoms with Crippen molar-refractivity contribution in [2.24, 2.45) is 0 Å². The van der Waals surface area contributed by atoms with Crippen molar-refractivity contribution in [1.29, 1.82) is 0 Å². The van der Waals surface area contributed by atoms with Crippen molar-refractivity contribution in [2.45, 2.75) is 18.8 Å². The van der Waals surface area contributed by atoms with Crippen molar-refractivity contribution >= 4 is 0 Å². The highest BCUT2D eigenvalue weighted by atomic mass is 16.1. The molecule has 3 N–H and O–H groups in total. The minimum atomic E-state index is -0.0319. The number of aromatic amines is 2. The first kappa shape index (κ1) is 7.61. The fourth-order valence-electron chi connectivity index (χ4n) is 1.68. The molecule has 0 bridgehead atoms. The second kappa shape index (κ2) is 3.15. The van der Waals surface area contributed by atoms with Crippen molar-refractivity contribution in [3.63, 3.8) is 0 Å². The molecule has 2 rings (SSSR count). The lowest BCUT2D eigenvalue weighted by Gasteiger charge is -2.20. The van der Waals surface area contributed by atoms with E-state index in [0.29, 0.717) is 5.92 Å². The Labute approximate surface area is 70.4 Å². The van der Waals surface area contributed by atoms with Gasteiger partial charge < -0.3 is 10.4 Å². The van der Waals surface area contributed by atoms with Crippen molar-refractivity contribution in [1.82, 2.24) is 15.5 Å². The molecule has 1 aliphatic heterocycles. The second-order valence-corrected chi connectivity index (χ2v) is 3.26. The second-order valence-electron chi connectivity index (χ2n) is 3.26. The quantitative estimate of drug-likeness (QED) is 0.558. The average molecular weight is 167 g/mol. The Morgan fingerprint density at radius 2 is 2.33 bits per heavy atom. The maximum atomic E-state index is 10.8. The Hall–Kier alpha value is -1.03. The molecule has 1 atom stereocenters. The lowest BCUT2D eigenvalue weighted by atomic mass is 9.96. The van der Waals surface area contributed by atoms with E-state index >= 15 is 0 Å². The summed E-state index contributed by atoms with van der Waals surface area (Å²) in [5.74, 6) is 0.484. The summed E-state index contributed by atoms with van der Waals surface area (Å²) >= 11 is 0. The predicted octanol–water partition coefficient (Wildman–Crippen LogP) is 0.170. The van der Waals surface area contributed by atoms with Crippen LogP contribution in [0.2, 0.25) is 0 Å². The Kier molecular flexibility index (Phi) is 1.99. The highest BCUT2D eigenvalue weighted by Crippen LogP contribution is 2.19. The number of hydrogen-bond donors (Lipinski definition) is 3. The van der Waals surface area contributed by atoms with Crippen molar-refractivity contribution in [2.75, 3.05) is 13.1 Å². The summed E-state index contributed by atoms with van der Waals surface area (Å²) in [6.07, 6.45) is 2.36. The van der Waals surface area contributed by atoms with Gasteiger partial charge in [-0.2, -0.15) is 0 Å². The van der Waals surface area contributed by atoms with Gasteiger partial charge in [0.25, 0.3) is 5.56 Å². The highest BCUT2D eigenvalue weighted by molar-refractivity contribution is 5.07. The van der Waals surface area contributed by atoms with Crippen LogP contribution in [0.4, 0.5) is 0 Å². The predicted molar refractivity (Wildman–Crippen MR) is 46.3 cm³/mol. The molecule has 0 radical (unpaired) electrons. The molecule has 66 valence electrons. The van der Waals surface area contributed by atoms with Gasteiger partial charge in [-0.15, -0.1) is 0 Å². The first-order chi connectivity index (χ1) is 5.86. The number of piperidine rings is 1. The van der Waals surface area contributed by atoms with Gasteiger partial charge in [-0.05, 0) is 19.4 Å². The van der Waals surface area contributed by atoms with Crippen molar-refractivity contribution in [3.8, 4) is 0 Å². The van der Waals surface area contributed by atoms with Crippen LogP contribution in [-0.4, -0.2) is 23.3 Å². The zero-order valence-corrected chi connectivity index (χ0v) is 6.89. The summed E-state index contributed by atoms with van der Waals surface area (Å²) in [7, 11) is 0. The topological polar surface area (TPSA) is 60.7 Å². The summed E-state index contributed by atoms with van der Waals surface area (Å²) in [5, 5.41) is 8.76. The summed E-state index contributed by atoms with van der Waals surface area (Å²) in [5.41, 5.74) is 1.00. The molecule has 0 amide bonds. The van der Waals surface area contributed by atoms with E-state index < -0.39 is 0 Å². The molecule has 0 aromatic carbocycles. The number of rotatable bonds is 1.